The van der Waals surface area contributed by atoms with Crippen LogP contribution in [0, 0.1) is 17.7 Å². The van der Waals surface area contributed by atoms with Crippen LogP contribution in [0.1, 0.15) is 59.5 Å². The number of rotatable bonds is 2. The van der Waals surface area contributed by atoms with E-state index in [1.807, 2.05) is 0 Å². The van der Waals surface area contributed by atoms with Gasteiger partial charge >= 0.3 is 0 Å². The van der Waals surface area contributed by atoms with Crippen LogP contribution in [0.4, 0.5) is 4.39 Å². The average Bonchev–Trinajstić information content (AvgIpc) is 3.33. The third-order valence-electron chi connectivity index (χ3n) is 6.97. The van der Waals surface area contributed by atoms with Gasteiger partial charge in [0.2, 0.25) is 0 Å². The number of aliphatic hydroxyl groups is 1. The van der Waals surface area contributed by atoms with E-state index in [1.54, 1.807) is 23.1 Å². The molecule has 2 aliphatic carbocycles. The van der Waals surface area contributed by atoms with Crippen molar-refractivity contribution >= 4 is 5.91 Å². The minimum absolute atomic E-state index is 0.114. The van der Waals surface area contributed by atoms with Gasteiger partial charge in [0.15, 0.2) is 5.69 Å². The van der Waals surface area contributed by atoms with Gasteiger partial charge in [-0.15, -0.1) is 0 Å². The number of nitrogens with zero attached hydrogens (tertiary/aromatic N) is 2. The Kier molecular flexibility index (Phi) is 4.27. The zero-order valence-electron chi connectivity index (χ0n) is 15.9. The van der Waals surface area contributed by atoms with E-state index in [4.69, 9.17) is 4.52 Å². The van der Waals surface area contributed by atoms with E-state index in [1.165, 1.54) is 6.07 Å². The number of carbonyl (C=O) groups is 1. The molecule has 2 fully saturated rings. The average molecular weight is 384 g/mol. The molecule has 2 heterocycles. The van der Waals surface area contributed by atoms with Gasteiger partial charge in [-0.3, -0.25) is 4.79 Å². The maximum absolute atomic E-state index is 14.5. The highest BCUT2D eigenvalue weighted by molar-refractivity contribution is 5.94. The second kappa shape index (κ2) is 6.69. The Bertz CT molecular complexity index is 911. The predicted molar refractivity (Wildman–Crippen MR) is 100 cm³/mol. The largest absolute Gasteiger partial charge is 0.385 e. The number of likely N-dealkylation sites (tertiary alicyclic amines) is 1. The van der Waals surface area contributed by atoms with Crippen molar-refractivity contribution in [2.24, 2.45) is 11.8 Å². The summed E-state index contributed by atoms with van der Waals surface area (Å²) in [6.07, 6.45) is 6.09. The van der Waals surface area contributed by atoms with Crippen LogP contribution in [-0.4, -0.2) is 34.2 Å². The lowest BCUT2D eigenvalue weighted by Crippen LogP contribution is -2.43. The summed E-state index contributed by atoms with van der Waals surface area (Å²) < 4.78 is 19.9. The van der Waals surface area contributed by atoms with Crippen molar-refractivity contribution in [3.05, 3.63) is 52.7 Å². The van der Waals surface area contributed by atoms with E-state index in [0.29, 0.717) is 30.8 Å². The van der Waals surface area contributed by atoms with Gasteiger partial charge in [-0.05, 0) is 50.5 Å². The van der Waals surface area contributed by atoms with Gasteiger partial charge in [0.1, 0.15) is 11.6 Å². The van der Waals surface area contributed by atoms with Gasteiger partial charge in [0.25, 0.3) is 5.91 Å². The van der Waals surface area contributed by atoms with Crippen molar-refractivity contribution in [1.82, 2.24) is 10.1 Å². The molecule has 1 saturated carbocycles. The molecular formula is C22H25FN2O3. The molecule has 5 rings (SSSR count). The quantitative estimate of drug-likeness (QED) is 0.861. The first kappa shape index (κ1) is 17.9. The Morgan fingerprint density at radius 1 is 1.21 bits per heavy atom. The number of fused-ring (bicyclic) bond motifs is 2. The Morgan fingerprint density at radius 2 is 2.04 bits per heavy atom. The van der Waals surface area contributed by atoms with Crippen LogP contribution in [0.2, 0.25) is 0 Å². The molecule has 0 spiro atoms. The van der Waals surface area contributed by atoms with Gasteiger partial charge in [0.05, 0.1) is 5.60 Å². The highest BCUT2D eigenvalue weighted by Crippen LogP contribution is 2.49. The van der Waals surface area contributed by atoms with Gasteiger partial charge in [0, 0.05) is 36.6 Å². The fourth-order valence-corrected chi connectivity index (χ4v) is 5.54. The number of amides is 1. The zero-order chi connectivity index (χ0) is 19.3. The summed E-state index contributed by atoms with van der Waals surface area (Å²) in [7, 11) is 0. The van der Waals surface area contributed by atoms with Crippen LogP contribution in [0.25, 0.3) is 0 Å². The Hall–Kier alpha value is -2.21. The van der Waals surface area contributed by atoms with Crippen molar-refractivity contribution in [3.8, 4) is 0 Å². The second-order valence-electron chi connectivity index (χ2n) is 8.51. The number of halogens is 1. The molecule has 1 amide bonds. The first-order chi connectivity index (χ1) is 13.6. The van der Waals surface area contributed by atoms with E-state index in [9.17, 15) is 14.3 Å². The highest BCUT2D eigenvalue weighted by atomic mass is 19.1. The highest BCUT2D eigenvalue weighted by Gasteiger charge is 2.52. The molecule has 1 aromatic carbocycles. The molecule has 2 aromatic rings. The minimum atomic E-state index is -1.23. The summed E-state index contributed by atoms with van der Waals surface area (Å²) in [4.78, 5) is 15.0. The lowest BCUT2D eigenvalue weighted by atomic mass is 9.67. The molecular weight excluding hydrogens is 359 g/mol. The molecule has 5 nitrogen and oxygen atoms in total. The van der Waals surface area contributed by atoms with E-state index < -0.39 is 5.60 Å². The summed E-state index contributed by atoms with van der Waals surface area (Å²) in [5, 5.41) is 15.6. The molecule has 3 atom stereocenters. The summed E-state index contributed by atoms with van der Waals surface area (Å²) in [6, 6.07) is 6.48. The monoisotopic (exact) mass is 384 g/mol. The standard InChI is InChI=1S/C22H25FN2O3/c23-18-9-3-2-8-16(18)22(27)11-5-6-14-12-25(13-17(14)22)21(26)20-15-7-1-4-10-19(15)28-24-20/h2-3,8-9,14,17,27H,1,4-7,10-13H2/t14-,17+,22-/m0/s1. The van der Waals surface area contributed by atoms with Gasteiger partial charge < -0.3 is 14.5 Å². The summed E-state index contributed by atoms with van der Waals surface area (Å²) in [5.41, 5.74) is 0.517. The fourth-order valence-electron chi connectivity index (χ4n) is 5.54. The van der Waals surface area contributed by atoms with Crippen LogP contribution in [0.5, 0.6) is 0 Å². The van der Waals surface area contributed by atoms with Crippen LogP contribution in [0.3, 0.4) is 0 Å². The van der Waals surface area contributed by atoms with Crippen molar-refractivity contribution in [3.63, 3.8) is 0 Å². The lowest BCUT2D eigenvalue weighted by molar-refractivity contribution is -0.0668. The second-order valence-corrected chi connectivity index (χ2v) is 8.51. The molecule has 148 valence electrons. The summed E-state index contributed by atoms with van der Waals surface area (Å²) >= 11 is 0. The fraction of sp³-hybridized carbons (Fsp3) is 0.545. The van der Waals surface area contributed by atoms with Crippen LogP contribution in [-0.2, 0) is 18.4 Å². The van der Waals surface area contributed by atoms with Gasteiger partial charge in [-0.1, -0.05) is 23.4 Å². The van der Waals surface area contributed by atoms with E-state index in [2.05, 4.69) is 5.16 Å². The van der Waals surface area contributed by atoms with Crippen molar-refractivity contribution in [2.75, 3.05) is 13.1 Å². The number of hydrogen-bond acceptors (Lipinski definition) is 4. The third-order valence-corrected chi connectivity index (χ3v) is 6.97. The molecule has 3 aliphatic rings. The molecule has 0 unspecified atom stereocenters. The Balaban J connectivity index is 1.43. The molecule has 0 bridgehead atoms. The van der Waals surface area contributed by atoms with Crippen LogP contribution < -0.4 is 0 Å². The SMILES string of the molecule is O=C(c1noc2c1CCCC2)N1C[C@@H]2CCC[C@](O)(c3ccccc3F)[C@@H]2C1. The normalized spacial score (nSPS) is 29.4. The molecule has 1 aliphatic heterocycles. The maximum Gasteiger partial charge on any atom is 0.276 e. The molecule has 1 N–H and O–H groups in total. The smallest absolute Gasteiger partial charge is 0.276 e. The van der Waals surface area contributed by atoms with Gasteiger partial charge in [-0.2, -0.15) is 0 Å². The number of aromatic nitrogens is 1. The first-order valence-electron chi connectivity index (χ1n) is 10.3. The molecule has 0 radical (unpaired) electrons. The number of benzene rings is 1. The third kappa shape index (κ3) is 2.69. The zero-order valence-corrected chi connectivity index (χ0v) is 15.9. The number of aryl methyl sites for hydroxylation is 1. The van der Waals surface area contributed by atoms with Crippen LogP contribution >= 0.6 is 0 Å². The van der Waals surface area contributed by atoms with Crippen molar-refractivity contribution in [2.45, 2.75) is 50.5 Å². The minimum Gasteiger partial charge on any atom is -0.385 e. The Morgan fingerprint density at radius 3 is 2.89 bits per heavy atom. The number of hydrogen-bond donors (Lipinski definition) is 1. The lowest BCUT2D eigenvalue weighted by Gasteiger charge is -2.41. The van der Waals surface area contributed by atoms with E-state index in [-0.39, 0.29) is 23.6 Å². The summed E-state index contributed by atoms with van der Waals surface area (Å²) in [6.45, 7) is 1.01. The maximum atomic E-state index is 14.5. The molecule has 28 heavy (non-hydrogen) atoms. The summed E-state index contributed by atoms with van der Waals surface area (Å²) in [5.74, 6) is 0.363. The molecule has 1 saturated heterocycles. The Labute approximate surface area is 163 Å². The van der Waals surface area contributed by atoms with Crippen LogP contribution in [0.15, 0.2) is 28.8 Å². The van der Waals surface area contributed by atoms with Gasteiger partial charge in [-0.25, -0.2) is 4.39 Å². The van der Waals surface area contributed by atoms with E-state index in [0.717, 1.165) is 49.8 Å². The first-order valence-corrected chi connectivity index (χ1v) is 10.3. The van der Waals surface area contributed by atoms with Crippen molar-refractivity contribution < 1.29 is 18.8 Å². The number of carbonyl (C=O) groups excluding carboxylic acids is 1. The van der Waals surface area contributed by atoms with E-state index >= 15 is 0 Å². The molecule has 6 heteroatoms. The molecule has 1 aromatic heterocycles. The topological polar surface area (TPSA) is 66.6 Å². The predicted octanol–water partition coefficient (Wildman–Crippen LogP) is 3.45. The van der Waals surface area contributed by atoms with Crippen molar-refractivity contribution in [1.29, 1.82) is 0 Å².